The first-order valence-electron chi connectivity index (χ1n) is 10.4. The van der Waals surface area contributed by atoms with Gasteiger partial charge in [-0.25, -0.2) is 0 Å². The summed E-state index contributed by atoms with van der Waals surface area (Å²) in [6.45, 7) is 13.7. The zero-order chi connectivity index (χ0) is 21.9. The zero-order valence-corrected chi connectivity index (χ0v) is 18.6. The van der Waals surface area contributed by atoms with Gasteiger partial charge >= 0.3 is 0 Å². The number of nitrogens with zero attached hydrogens (tertiary/aromatic N) is 1. The molecular weight excluding hydrogens is 358 g/mol. The Hall–Kier alpha value is -1.63. The highest BCUT2D eigenvalue weighted by atomic mass is 16.3. The van der Waals surface area contributed by atoms with Gasteiger partial charge in [-0.1, -0.05) is 41.5 Å². The first-order valence-corrected chi connectivity index (χ1v) is 10.4. The van der Waals surface area contributed by atoms with Gasteiger partial charge in [0, 0.05) is 19.6 Å². The molecular formula is C21H41N3O4. The fourth-order valence-corrected chi connectivity index (χ4v) is 2.77. The van der Waals surface area contributed by atoms with E-state index in [0.29, 0.717) is 37.4 Å². The van der Waals surface area contributed by atoms with Crippen LogP contribution in [0.3, 0.4) is 0 Å². The quantitative estimate of drug-likeness (QED) is 0.415. The van der Waals surface area contributed by atoms with Gasteiger partial charge in [0.25, 0.3) is 5.91 Å². The van der Waals surface area contributed by atoms with Crippen molar-refractivity contribution in [1.29, 1.82) is 0 Å². The van der Waals surface area contributed by atoms with Crippen LogP contribution in [0.5, 0.6) is 0 Å². The zero-order valence-electron chi connectivity index (χ0n) is 18.6. The number of hydrogen-bond acceptors (Lipinski definition) is 4. The second-order valence-corrected chi connectivity index (χ2v) is 9.04. The number of aliphatic hydroxyl groups is 1. The molecule has 0 aromatic rings. The topological polar surface area (TPSA) is 113 Å². The number of primary amides is 1. The fraction of sp³-hybridized carbons (Fsp3) is 0.857. The van der Waals surface area contributed by atoms with Crippen LogP contribution in [0, 0.1) is 17.8 Å². The summed E-state index contributed by atoms with van der Waals surface area (Å²) in [5, 5.41) is 13.7. The van der Waals surface area contributed by atoms with Crippen molar-refractivity contribution in [3.63, 3.8) is 0 Å². The average Bonchev–Trinajstić information content (AvgIpc) is 2.52. The third-order valence-corrected chi connectivity index (χ3v) is 4.60. The van der Waals surface area contributed by atoms with Crippen LogP contribution >= 0.6 is 0 Å². The monoisotopic (exact) mass is 399 g/mol. The van der Waals surface area contributed by atoms with E-state index in [-0.39, 0.29) is 0 Å². The summed E-state index contributed by atoms with van der Waals surface area (Å²) in [6.07, 6.45) is 1.31. The van der Waals surface area contributed by atoms with Gasteiger partial charge < -0.3 is 21.1 Å². The molecule has 7 heteroatoms. The molecule has 4 N–H and O–H groups in total. The normalized spacial score (nSPS) is 13.6. The van der Waals surface area contributed by atoms with Gasteiger partial charge in [-0.05, 0) is 37.0 Å². The lowest BCUT2D eigenvalue weighted by atomic mass is 9.92. The Balaban J connectivity index is 5.31. The molecule has 0 radical (unpaired) electrons. The Kier molecular flexibility index (Phi) is 12.0. The van der Waals surface area contributed by atoms with Gasteiger partial charge in [0.15, 0.2) is 5.60 Å². The van der Waals surface area contributed by atoms with Gasteiger partial charge in [0.2, 0.25) is 11.8 Å². The SMILES string of the molecule is CC(C)CCNC(=O)CC(O)(CC(N)=O)C(=O)N(CCC(C)C)CCC(C)C. The molecule has 0 fully saturated rings. The van der Waals surface area contributed by atoms with Crippen molar-refractivity contribution >= 4 is 17.7 Å². The molecule has 0 aliphatic heterocycles. The van der Waals surface area contributed by atoms with Crippen molar-refractivity contribution in [2.24, 2.45) is 23.5 Å². The highest BCUT2D eigenvalue weighted by Gasteiger charge is 2.42. The van der Waals surface area contributed by atoms with Gasteiger partial charge in [-0.2, -0.15) is 0 Å². The minimum atomic E-state index is -2.11. The smallest absolute Gasteiger partial charge is 0.255 e. The highest BCUT2D eigenvalue weighted by molar-refractivity contribution is 5.94. The summed E-state index contributed by atoms with van der Waals surface area (Å²) >= 11 is 0. The molecule has 0 spiro atoms. The number of amides is 3. The summed E-state index contributed by atoms with van der Waals surface area (Å²) in [5.74, 6) is -0.652. The maximum absolute atomic E-state index is 13.1. The lowest BCUT2D eigenvalue weighted by Crippen LogP contribution is -2.54. The van der Waals surface area contributed by atoms with Gasteiger partial charge in [-0.3, -0.25) is 14.4 Å². The molecule has 0 aliphatic rings. The van der Waals surface area contributed by atoms with Crippen LogP contribution in [-0.4, -0.2) is 53.0 Å². The van der Waals surface area contributed by atoms with Crippen LogP contribution in [0.15, 0.2) is 0 Å². The Bertz CT molecular complexity index is 494. The summed E-state index contributed by atoms with van der Waals surface area (Å²) in [6, 6.07) is 0. The first-order chi connectivity index (χ1) is 12.9. The number of nitrogens with one attached hydrogen (secondary N) is 1. The lowest BCUT2D eigenvalue weighted by molar-refractivity contribution is -0.158. The predicted octanol–water partition coefficient (Wildman–Crippen LogP) is 2.07. The summed E-state index contributed by atoms with van der Waals surface area (Å²) in [4.78, 5) is 38.5. The first kappa shape index (κ1) is 26.4. The number of hydrogen-bond donors (Lipinski definition) is 3. The van der Waals surface area contributed by atoms with Crippen LogP contribution in [0.1, 0.15) is 73.6 Å². The third-order valence-electron chi connectivity index (χ3n) is 4.60. The van der Waals surface area contributed by atoms with Crippen molar-refractivity contribution in [1.82, 2.24) is 10.2 Å². The van der Waals surface area contributed by atoms with E-state index < -0.39 is 36.2 Å². The van der Waals surface area contributed by atoms with Crippen molar-refractivity contribution in [2.45, 2.75) is 79.2 Å². The minimum Gasteiger partial charge on any atom is -0.379 e. The van der Waals surface area contributed by atoms with Crippen LogP contribution in [0.25, 0.3) is 0 Å². The molecule has 7 nitrogen and oxygen atoms in total. The van der Waals surface area contributed by atoms with Crippen molar-refractivity contribution in [2.75, 3.05) is 19.6 Å². The largest absolute Gasteiger partial charge is 0.379 e. The van der Waals surface area contributed by atoms with Crippen LogP contribution < -0.4 is 11.1 Å². The molecule has 0 bridgehead atoms. The van der Waals surface area contributed by atoms with E-state index in [1.807, 2.05) is 13.8 Å². The van der Waals surface area contributed by atoms with E-state index in [0.717, 1.165) is 19.3 Å². The number of nitrogens with two attached hydrogens (primary N) is 1. The molecule has 1 atom stereocenters. The molecule has 3 amide bonds. The summed E-state index contributed by atoms with van der Waals surface area (Å²) in [5.41, 5.74) is 3.17. The Labute approximate surface area is 170 Å². The molecule has 0 heterocycles. The molecule has 0 saturated heterocycles. The standard InChI is InChI=1S/C21H41N3O4/c1-15(2)7-10-23-19(26)14-21(28,13-18(22)25)20(27)24(11-8-16(3)4)12-9-17(5)6/h15-17,28H,7-14H2,1-6H3,(H2,22,25)(H,23,26). The lowest BCUT2D eigenvalue weighted by Gasteiger charge is -2.33. The van der Waals surface area contributed by atoms with E-state index in [1.54, 1.807) is 4.90 Å². The van der Waals surface area contributed by atoms with Crippen molar-refractivity contribution < 1.29 is 19.5 Å². The molecule has 1 unspecified atom stereocenters. The second-order valence-electron chi connectivity index (χ2n) is 9.04. The Morgan fingerprint density at radius 2 is 1.36 bits per heavy atom. The Morgan fingerprint density at radius 3 is 1.75 bits per heavy atom. The summed E-state index contributed by atoms with van der Waals surface area (Å²) < 4.78 is 0. The molecule has 0 aliphatic carbocycles. The molecule has 28 heavy (non-hydrogen) atoms. The van der Waals surface area contributed by atoms with Gasteiger partial charge in [0.1, 0.15) is 0 Å². The van der Waals surface area contributed by atoms with E-state index >= 15 is 0 Å². The van der Waals surface area contributed by atoms with Gasteiger partial charge in [0.05, 0.1) is 12.8 Å². The van der Waals surface area contributed by atoms with Crippen molar-refractivity contribution in [3.8, 4) is 0 Å². The molecule has 0 rings (SSSR count). The predicted molar refractivity (Wildman–Crippen MR) is 111 cm³/mol. The van der Waals surface area contributed by atoms with E-state index in [2.05, 4.69) is 33.0 Å². The number of carbonyl (C=O) groups excluding carboxylic acids is 3. The number of carbonyl (C=O) groups is 3. The molecule has 164 valence electrons. The van der Waals surface area contributed by atoms with Crippen LogP contribution in [-0.2, 0) is 14.4 Å². The minimum absolute atomic E-state index is 0.387. The van der Waals surface area contributed by atoms with E-state index in [4.69, 9.17) is 5.73 Å². The average molecular weight is 400 g/mol. The maximum Gasteiger partial charge on any atom is 0.255 e. The van der Waals surface area contributed by atoms with Crippen molar-refractivity contribution in [3.05, 3.63) is 0 Å². The summed E-state index contributed by atoms with van der Waals surface area (Å²) in [7, 11) is 0. The molecule has 0 aromatic carbocycles. The second kappa shape index (κ2) is 12.8. The third kappa shape index (κ3) is 11.3. The van der Waals surface area contributed by atoms with Crippen LogP contribution in [0.4, 0.5) is 0 Å². The van der Waals surface area contributed by atoms with E-state index in [9.17, 15) is 19.5 Å². The maximum atomic E-state index is 13.1. The van der Waals surface area contributed by atoms with E-state index in [1.165, 1.54) is 0 Å². The molecule has 0 aromatic heterocycles. The van der Waals surface area contributed by atoms with Crippen LogP contribution in [0.2, 0.25) is 0 Å². The molecule has 0 saturated carbocycles. The highest BCUT2D eigenvalue weighted by Crippen LogP contribution is 2.21. The Morgan fingerprint density at radius 1 is 0.893 bits per heavy atom. The number of rotatable bonds is 14. The van der Waals surface area contributed by atoms with Gasteiger partial charge in [-0.15, -0.1) is 0 Å². The fourth-order valence-electron chi connectivity index (χ4n) is 2.77.